The minimum atomic E-state index is 0.685. The second-order valence-corrected chi connectivity index (χ2v) is 8.66. The van der Waals surface area contributed by atoms with Crippen LogP contribution in [0.5, 0.6) is 0 Å². The fourth-order valence-electron chi connectivity index (χ4n) is 4.44. The fourth-order valence-corrected chi connectivity index (χ4v) is 4.44. The Morgan fingerprint density at radius 3 is 2.00 bits per heavy atom. The van der Waals surface area contributed by atoms with Crippen LogP contribution in [0.25, 0.3) is 55.9 Å². The van der Waals surface area contributed by atoms with Crippen LogP contribution in [0.3, 0.4) is 0 Å². The lowest BCUT2D eigenvalue weighted by atomic mass is 10.0. The normalized spacial score (nSPS) is 11.0. The average Bonchev–Trinajstić information content (AvgIpc) is 2.97. The minimum Gasteiger partial charge on any atom is -0.256 e. The number of aryl methyl sites for hydroxylation is 1. The predicted molar refractivity (Wildman–Crippen MR) is 146 cm³/mol. The van der Waals surface area contributed by atoms with Gasteiger partial charge in [0.2, 0.25) is 0 Å². The fraction of sp³-hybridized carbons (Fsp3) is 0.0625. The minimum absolute atomic E-state index is 0.685. The van der Waals surface area contributed by atoms with Crippen molar-refractivity contribution < 1.29 is 0 Å². The molecule has 2 heterocycles. The van der Waals surface area contributed by atoms with Gasteiger partial charge in [0.05, 0.1) is 5.52 Å². The summed E-state index contributed by atoms with van der Waals surface area (Å²) in [6, 6.07) is 37.4. The number of hydrogen-bond donors (Lipinski definition) is 0. The highest BCUT2D eigenvalue weighted by atomic mass is 15.0. The van der Waals surface area contributed by atoms with Crippen LogP contribution in [0.4, 0.5) is 0 Å². The van der Waals surface area contributed by atoms with E-state index in [9.17, 15) is 0 Å². The number of benzene rings is 4. The second kappa shape index (κ2) is 9.51. The number of aromatic nitrogens is 4. The average molecular weight is 465 g/mol. The number of para-hydroxylation sites is 1. The van der Waals surface area contributed by atoms with E-state index in [2.05, 4.69) is 109 Å². The van der Waals surface area contributed by atoms with Crippen LogP contribution in [-0.2, 0) is 6.42 Å². The van der Waals surface area contributed by atoms with Crippen LogP contribution in [0.15, 0.2) is 115 Å². The third kappa shape index (κ3) is 4.25. The summed E-state index contributed by atoms with van der Waals surface area (Å²) in [5.41, 5.74) is 7.48. The molecule has 0 aliphatic carbocycles. The highest BCUT2D eigenvalue weighted by Crippen LogP contribution is 2.30. The van der Waals surface area contributed by atoms with Gasteiger partial charge in [-0.2, -0.15) is 0 Å². The van der Waals surface area contributed by atoms with Gasteiger partial charge in [0, 0.05) is 34.7 Å². The molecule has 4 heteroatoms. The number of fused-ring (bicyclic) bond motifs is 1. The molecule has 0 saturated heterocycles. The summed E-state index contributed by atoms with van der Waals surface area (Å²) in [6.07, 6.45) is 2.58. The third-order valence-corrected chi connectivity index (χ3v) is 6.31. The monoisotopic (exact) mass is 464 g/mol. The van der Waals surface area contributed by atoms with Gasteiger partial charge in [-0.1, -0.05) is 104 Å². The summed E-state index contributed by atoms with van der Waals surface area (Å²) in [6.45, 7) is 2.07. The molecular formula is C32H24N4. The zero-order valence-electron chi connectivity index (χ0n) is 20.0. The maximum absolute atomic E-state index is 4.87. The van der Waals surface area contributed by atoms with E-state index in [0.29, 0.717) is 11.6 Å². The van der Waals surface area contributed by atoms with E-state index < -0.39 is 0 Å². The first-order chi connectivity index (χ1) is 17.8. The molecule has 6 aromatic rings. The Morgan fingerprint density at radius 1 is 0.528 bits per heavy atom. The van der Waals surface area contributed by atoms with Gasteiger partial charge >= 0.3 is 0 Å². The van der Waals surface area contributed by atoms with Crippen molar-refractivity contribution in [3.05, 3.63) is 121 Å². The van der Waals surface area contributed by atoms with E-state index in [1.165, 1.54) is 5.56 Å². The molecule has 0 saturated carbocycles. The van der Waals surface area contributed by atoms with E-state index in [4.69, 9.17) is 15.0 Å². The second-order valence-electron chi connectivity index (χ2n) is 8.66. The Morgan fingerprint density at radius 2 is 1.19 bits per heavy atom. The first kappa shape index (κ1) is 21.8. The standard InChI is InChI=1S/C32H24N4/c1-2-29-34-31(36-32(35-29)27-13-6-12-26(21-27)22-9-4-3-5-10-22)25-18-16-23(17-19-25)28-15-7-11-24-14-8-20-33-30(24)28/h3-21H,2H2,1H3. The Bertz CT molecular complexity index is 1650. The summed E-state index contributed by atoms with van der Waals surface area (Å²) >= 11 is 0. The van der Waals surface area contributed by atoms with Crippen molar-refractivity contribution in [2.24, 2.45) is 0 Å². The Kier molecular flexibility index (Phi) is 5.76. The molecule has 0 bridgehead atoms. The Hall–Kier alpha value is -4.70. The smallest absolute Gasteiger partial charge is 0.163 e. The maximum Gasteiger partial charge on any atom is 0.163 e. The van der Waals surface area contributed by atoms with Gasteiger partial charge in [0.25, 0.3) is 0 Å². The maximum atomic E-state index is 4.87. The van der Waals surface area contributed by atoms with Crippen molar-refractivity contribution >= 4 is 10.9 Å². The summed E-state index contributed by atoms with van der Waals surface area (Å²) in [7, 11) is 0. The lowest BCUT2D eigenvalue weighted by Gasteiger charge is -2.10. The van der Waals surface area contributed by atoms with Crippen molar-refractivity contribution in [2.45, 2.75) is 13.3 Å². The van der Waals surface area contributed by atoms with Crippen LogP contribution in [0.1, 0.15) is 12.7 Å². The van der Waals surface area contributed by atoms with Gasteiger partial charge < -0.3 is 0 Å². The number of rotatable bonds is 5. The van der Waals surface area contributed by atoms with E-state index in [1.54, 1.807) is 0 Å². The van der Waals surface area contributed by atoms with E-state index in [-0.39, 0.29) is 0 Å². The molecule has 0 fully saturated rings. The molecule has 0 unspecified atom stereocenters. The number of hydrogen-bond acceptors (Lipinski definition) is 4. The van der Waals surface area contributed by atoms with Crippen molar-refractivity contribution in [1.29, 1.82) is 0 Å². The molecule has 2 aromatic heterocycles. The number of pyridine rings is 1. The summed E-state index contributed by atoms with van der Waals surface area (Å²) < 4.78 is 0. The quantitative estimate of drug-likeness (QED) is 0.263. The van der Waals surface area contributed by atoms with E-state index >= 15 is 0 Å². The van der Waals surface area contributed by atoms with Gasteiger partial charge in [0.1, 0.15) is 5.82 Å². The predicted octanol–water partition coefficient (Wildman–Crippen LogP) is 7.65. The molecule has 4 nitrogen and oxygen atoms in total. The number of nitrogens with zero attached hydrogens (tertiary/aromatic N) is 4. The molecule has 6 rings (SSSR count). The van der Waals surface area contributed by atoms with Crippen molar-refractivity contribution in [1.82, 2.24) is 19.9 Å². The topological polar surface area (TPSA) is 51.6 Å². The van der Waals surface area contributed by atoms with Crippen LogP contribution in [-0.4, -0.2) is 19.9 Å². The summed E-state index contributed by atoms with van der Waals surface area (Å²) in [5, 5.41) is 1.13. The third-order valence-electron chi connectivity index (χ3n) is 6.31. The molecule has 0 amide bonds. The molecule has 0 atom stereocenters. The summed E-state index contributed by atoms with van der Waals surface area (Å²) in [4.78, 5) is 19.0. The molecule has 0 N–H and O–H groups in total. The Labute approximate surface area is 210 Å². The molecule has 0 aliphatic heterocycles. The van der Waals surface area contributed by atoms with Gasteiger partial charge in [-0.25, -0.2) is 15.0 Å². The van der Waals surface area contributed by atoms with Crippen molar-refractivity contribution in [2.75, 3.05) is 0 Å². The molecule has 0 radical (unpaired) electrons. The lowest BCUT2D eigenvalue weighted by molar-refractivity contribution is 0.910. The molecular weight excluding hydrogens is 440 g/mol. The van der Waals surface area contributed by atoms with Gasteiger partial charge in [-0.05, 0) is 28.8 Å². The molecule has 0 aliphatic rings. The van der Waals surface area contributed by atoms with E-state index in [1.807, 2.05) is 18.3 Å². The van der Waals surface area contributed by atoms with Crippen LogP contribution in [0.2, 0.25) is 0 Å². The first-order valence-corrected chi connectivity index (χ1v) is 12.1. The molecule has 0 spiro atoms. The first-order valence-electron chi connectivity index (χ1n) is 12.1. The molecule has 172 valence electrons. The SMILES string of the molecule is CCc1nc(-c2ccc(-c3cccc4cccnc34)cc2)nc(-c2cccc(-c3ccccc3)c2)n1. The Balaban J connectivity index is 1.38. The largest absolute Gasteiger partial charge is 0.256 e. The zero-order chi connectivity index (χ0) is 24.3. The van der Waals surface area contributed by atoms with Crippen LogP contribution < -0.4 is 0 Å². The van der Waals surface area contributed by atoms with Crippen molar-refractivity contribution in [3.8, 4) is 45.0 Å². The molecule has 36 heavy (non-hydrogen) atoms. The van der Waals surface area contributed by atoms with Crippen molar-refractivity contribution in [3.63, 3.8) is 0 Å². The highest BCUT2D eigenvalue weighted by molar-refractivity contribution is 5.93. The zero-order valence-corrected chi connectivity index (χ0v) is 20.0. The van der Waals surface area contributed by atoms with Crippen LogP contribution >= 0.6 is 0 Å². The van der Waals surface area contributed by atoms with Gasteiger partial charge in [0.15, 0.2) is 11.6 Å². The summed E-state index contributed by atoms with van der Waals surface area (Å²) in [5.74, 6) is 2.16. The van der Waals surface area contributed by atoms with Crippen LogP contribution in [0, 0.1) is 0 Å². The highest BCUT2D eigenvalue weighted by Gasteiger charge is 2.12. The van der Waals surface area contributed by atoms with Gasteiger partial charge in [-0.3, -0.25) is 4.98 Å². The van der Waals surface area contributed by atoms with E-state index in [0.717, 1.165) is 51.0 Å². The van der Waals surface area contributed by atoms with Gasteiger partial charge in [-0.15, -0.1) is 0 Å². The lowest BCUT2D eigenvalue weighted by Crippen LogP contribution is -2.02. The molecule has 4 aromatic carbocycles.